The number of halogens is 1. The van der Waals surface area contributed by atoms with Crippen molar-refractivity contribution in [2.24, 2.45) is 0 Å². The zero-order valence-corrected chi connectivity index (χ0v) is 10.8. The van der Waals surface area contributed by atoms with Crippen LogP contribution < -0.4 is 4.74 Å². The molecule has 82 valence electrons. The van der Waals surface area contributed by atoms with Gasteiger partial charge >= 0.3 is 0 Å². The van der Waals surface area contributed by atoms with Gasteiger partial charge in [-0.15, -0.1) is 0 Å². The SMILES string of the molecule is Cc1cccc(Oc2ncc(C)cc2Br)c1. The third-order valence-electron chi connectivity index (χ3n) is 2.15. The number of hydrogen-bond donors (Lipinski definition) is 0. The molecule has 0 radical (unpaired) electrons. The van der Waals surface area contributed by atoms with Gasteiger partial charge in [0.2, 0.25) is 5.88 Å². The molecule has 1 aromatic heterocycles. The molecule has 3 heteroatoms. The highest BCUT2D eigenvalue weighted by Gasteiger charge is 2.04. The molecule has 2 aromatic rings. The average Bonchev–Trinajstić information content (AvgIpc) is 2.22. The quantitative estimate of drug-likeness (QED) is 0.819. The third kappa shape index (κ3) is 2.61. The smallest absolute Gasteiger partial charge is 0.233 e. The first-order valence-electron chi connectivity index (χ1n) is 5.02. The molecule has 0 N–H and O–H groups in total. The number of hydrogen-bond acceptors (Lipinski definition) is 2. The lowest BCUT2D eigenvalue weighted by Gasteiger charge is -2.07. The molecule has 1 heterocycles. The summed E-state index contributed by atoms with van der Waals surface area (Å²) in [6.45, 7) is 4.03. The molecule has 16 heavy (non-hydrogen) atoms. The van der Waals surface area contributed by atoms with Crippen LogP contribution in [0.25, 0.3) is 0 Å². The fourth-order valence-corrected chi connectivity index (χ4v) is 1.93. The summed E-state index contributed by atoms with van der Waals surface area (Å²) in [5.41, 5.74) is 2.27. The Morgan fingerprint density at radius 3 is 2.62 bits per heavy atom. The molecule has 0 spiro atoms. The van der Waals surface area contributed by atoms with E-state index in [1.807, 2.05) is 44.2 Å². The summed E-state index contributed by atoms with van der Waals surface area (Å²) in [6.07, 6.45) is 1.79. The molecule has 0 unspecified atom stereocenters. The summed E-state index contributed by atoms with van der Waals surface area (Å²) in [4.78, 5) is 4.23. The second kappa shape index (κ2) is 4.66. The van der Waals surface area contributed by atoms with Gasteiger partial charge in [0.25, 0.3) is 0 Å². The summed E-state index contributed by atoms with van der Waals surface area (Å²) in [5, 5.41) is 0. The van der Waals surface area contributed by atoms with Gasteiger partial charge in [-0.1, -0.05) is 12.1 Å². The van der Waals surface area contributed by atoms with Crippen LogP contribution in [0.1, 0.15) is 11.1 Å². The van der Waals surface area contributed by atoms with Crippen molar-refractivity contribution in [3.8, 4) is 11.6 Å². The topological polar surface area (TPSA) is 22.1 Å². The number of aryl methyl sites for hydroxylation is 2. The fourth-order valence-electron chi connectivity index (χ4n) is 1.39. The third-order valence-corrected chi connectivity index (χ3v) is 2.72. The van der Waals surface area contributed by atoms with Gasteiger partial charge in [-0.05, 0) is 59.1 Å². The van der Waals surface area contributed by atoms with E-state index in [0.29, 0.717) is 5.88 Å². The van der Waals surface area contributed by atoms with Crippen LogP contribution >= 0.6 is 15.9 Å². The molecule has 2 nitrogen and oxygen atoms in total. The molecule has 1 aromatic carbocycles. The standard InChI is InChI=1S/C13H12BrNO/c1-9-4-3-5-11(6-9)16-13-12(14)7-10(2)8-15-13/h3-8H,1-2H3. The second-order valence-electron chi connectivity index (χ2n) is 3.72. The summed E-state index contributed by atoms with van der Waals surface area (Å²) in [6, 6.07) is 9.88. The Balaban J connectivity index is 2.27. The van der Waals surface area contributed by atoms with Gasteiger partial charge in [0, 0.05) is 6.20 Å². The van der Waals surface area contributed by atoms with Crippen molar-refractivity contribution in [3.05, 3.63) is 52.1 Å². The predicted molar refractivity (Wildman–Crippen MR) is 67.9 cm³/mol. The summed E-state index contributed by atoms with van der Waals surface area (Å²) in [5.74, 6) is 1.40. The van der Waals surface area contributed by atoms with Gasteiger partial charge in [-0.3, -0.25) is 0 Å². The van der Waals surface area contributed by atoms with E-state index in [1.165, 1.54) is 5.56 Å². The van der Waals surface area contributed by atoms with Gasteiger partial charge in [0.1, 0.15) is 5.75 Å². The number of nitrogens with zero attached hydrogens (tertiary/aromatic N) is 1. The number of aromatic nitrogens is 1. The van der Waals surface area contributed by atoms with Gasteiger partial charge in [-0.2, -0.15) is 0 Å². The van der Waals surface area contributed by atoms with E-state index in [4.69, 9.17) is 4.74 Å². The van der Waals surface area contributed by atoms with E-state index >= 15 is 0 Å². The molecular formula is C13H12BrNO. The fraction of sp³-hybridized carbons (Fsp3) is 0.154. The van der Waals surface area contributed by atoms with Gasteiger partial charge in [-0.25, -0.2) is 4.98 Å². The Morgan fingerprint density at radius 1 is 1.12 bits per heavy atom. The molecule has 2 rings (SSSR count). The first-order chi connectivity index (χ1) is 7.65. The minimum Gasteiger partial charge on any atom is -0.438 e. The normalized spacial score (nSPS) is 10.2. The maximum Gasteiger partial charge on any atom is 0.233 e. The molecular weight excluding hydrogens is 266 g/mol. The lowest BCUT2D eigenvalue weighted by atomic mass is 10.2. The van der Waals surface area contributed by atoms with Gasteiger partial charge < -0.3 is 4.74 Å². The molecule has 0 aliphatic rings. The monoisotopic (exact) mass is 277 g/mol. The van der Waals surface area contributed by atoms with Crippen LogP contribution in [0.15, 0.2) is 41.0 Å². The summed E-state index contributed by atoms with van der Waals surface area (Å²) in [7, 11) is 0. The molecule has 0 bridgehead atoms. The van der Waals surface area contributed by atoms with E-state index < -0.39 is 0 Å². The maximum absolute atomic E-state index is 5.69. The highest BCUT2D eigenvalue weighted by molar-refractivity contribution is 9.10. The Bertz CT molecular complexity index is 511. The van der Waals surface area contributed by atoms with Crippen LogP contribution in [0.5, 0.6) is 11.6 Å². The first kappa shape index (κ1) is 11.1. The van der Waals surface area contributed by atoms with Crippen molar-refractivity contribution >= 4 is 15.9 Å². The lowest BCUT2D eigenvalue weighted by molar-refractivity contribution is 0.459. The Morgan fingerprint density at radius 2 is 1.94 bits per heavy atom. The molecule has 0 aliphatic carbocycles. The average molecular weight is 278 g/mol. The van der Waals surface area contributed by atoms with Crippen LogP contribution in [-0.4, -0.2) is 4.98 Å². The summed E-state index contributed by atoms with van der Waals surface area (Å²) >= 11 is 3.44. The van der Waals surface area contributed by atoms with Crippen molar-refractivity contribution in [1.29, 1.82) is 0 Å². The van der Waals surface area contributed by atoms with E-state index in [1.54, 1.807) is 6.20 Å². The van der Waals surface area contributed by atoms with E-state index in [-0.39, 0.29) is 0 Å². The van der Waals surface area contributed by atoms with Gasteiger partial charge in [0.05, 0.1) is 4.47 Å². The molecule has 0 amide bonds. The number of pyridine rings is 1. The minimum absolute atomic E-state index is 0.594. The molecule has 0 fully saturated rings. The van der Waals surface area contributed by atoms with Crippen LogP contribution in [-0.2, 0) is 0 Å². The zero-order valence-electron chi connectivity index (χ0n) is 9.20. The van der Waals surface area contributed by atoms with Crippen molar-refractivity contribution < 1.29 is 4.74 Å². The second-order valence-corrected chi connectivity index (χ2v) is 4.57. The maximum atomic E-state index is 5.69. The zero-order chi connectivity index (χ0) is 11.5. The minimum atomic E-state index is 0.594. The van der Waals surface area contributed by atoms with Crippen molar-refractivity contribution in [3.63, 3.8) is 0 Å². The molecule has 0 saturated heterocycles. The van der Waals surface area contributed by atoms with Crippen LogP contribution in [0.2, 0.25) is 0 Å². The Labute approximate surface area is 103 Å². The highest BCUT2D eigenvalue weighted by Crippen LogP contribution is 2.28. The Kier molecular flexibility index (Phi) is 3.25. The Hall–Kier alpha value is -1.35. The molecule has 0 saturated carbocycles. The van der Waals surface area contributed by atoms with Crippen molar-refractivity contribution in [2.45, 2.75) is 13.8 Å². The highest BCUT2D eigenvalue weighted by atomic mass is 79.9. The lowest BCUT2D eigenvalue weighted by Crippen LogP contribution is -1.90. The molecule has 0 atom stereocenters. The molecule has 0 aliphatic heterocycles. The van der Waals surface area contributed by atoms with Crippen LogP contribution in [0.3, 0.4) is 0 Å². The number of rotatable bonds is 2. The van der Waals surface area contributed by atoms with Crippen molar-refractivity contribution in [1.82, 2.24) is 4.98 Å². The largest absolute Gasteiger partial charge is 0.438 e. The first-order valence-corrected chi connectivity index (χ1v) is 5.81. The van der Waals surface area contributed by atoms with E-state index in [9.17, 15) is 0 Å². The van der Waals surface area contributed by atoms with E-state index in [0.717, 1.165) is 15.8 Å². The van der Waals surface area contributed by atoms with Crippen LogP contribution in [0.4, 0.5) is 0 Å². The van der Waals surface area contributed by atoms with Crippen molar-refractivity contribution in [2.75, 3.05) is 0 Å². The van der Waals surface area contributed by atoms with E-state index in [2.05, 4.69) is 20.9 Å². The number of ether oxygens (including phenoxy) is 1. The summed E-state index contributed by atoms with van der Waals surface area (Å²) < 4.78 is 6.56. The predicted octanol–water partition coefficient (Wildman–Crippen LogP) is 4.25. The van der Waals surface area contributed by atoms with Crippen LogP contribution in [0, 0.1) is 13.8 Å². The van der Waals surface area contributed by atoms with Gasteiger partial charge in [0.15, 0.2) is 0 Å². The number of benzene rings is 1.